The second kappa shape index (κ2) is 20.7. The third-order valence-electron chi connectivity index (χ3n) is 15.6. The Kier molecular flexibility index (Phi) is 13.7. The zero-order valence-corrected chi connectivity index (χ0v) is 46.7. The Hall–Kier alpha value is -7.81. The normalized spacial score (nSPS) is 20.5. The molecule has 0 radical (unpaired) electrons. The fraction of sp³-hybridized carbons (Fsp3) is 0.417. The number of piperidine rings is 2. The molecule has 3 N–H and O–H groups in total. The second-order valence-electron chi connectivity index (χ2n) is 23.7. The number of nitrogens with one attached hydrogen (secondary N) is 3. The van der Waals surface area contributed by atoms with Crippen molar-refractivity contribution in [2.75, 3.05) is 87.4 Å². The Morgan fingerprint density at radius 1 is 0.750 bits per heavy atom. The molecule has 6 aliphatic rings. The lowest BCUT2D eigenvalue weighted by molar-refractivity contribution is -0.0379. The molecule has 20 heteroatoms. The summed E-state index contributed by atoms with van der Waals surface area (Å²) in [6, 6.07) is 20.7. The molecule has 1 amide bonds. The molecule has 18 nitrogen and oxygen atoms in total. The summed E-state index contributed by atoms with van der Waals surface area (Å²) in [6.07, 6.45) is 7.50. The largest absolute Gasteiger partial charge is 0.488 e. The second-order valence-corrected chi connectivity index (χ2v) is 23.7. The van der Waals surface area contributed by atoms with Gasteiger partial charge in [-0.3, -0.25) is 14.9 Å². The number of fused-ring (bicyclic) bond motifs is 8. The van der Waals surface area contributed by atoms with E-state index in [1.54, 1.807) is 54.9 Å². The monoisotopic (exact) mass is 1090 g/mol. The van der Waals surface area contributed by atoms with E-state index in [9.17, 15) is 4.79 Å². The van der Waals surface area contributed by atoms with E-state index >= 15 is 8.78 Å². The van der Waals surface area contributed by atoms with Crippen molar-refractivity contribution in [3.63, 3.8) is 0 Å². The molecule has 6 fully saturated rings. The molecule has 10 heterocycles. The Morgan fingerprint density at radius 2 is 1.34 bits per heavy atom. The summed E-state index contributed by atoms with van der Waals surface area (Å²) in [5.74, 6) is 1.17. The van der Waals surface area contributed by atoms with Crippen LogP contribution in [0, 0.1) is 18.6 Å². The molecule has 6 atom stereocenters. The summed E-state index contributed by atoms with van der Waals surface area (Å²) in [5, 5.41) is 12.6. The van der Waals surface area contributed by atoms with Crippen LogP contribution in [0.5, 0.6) is 11.5 Å². The predicted octanol–water partition coefficient (Wildman–Crippen LogP) is 9.59. The van der Waals surface area contributed by atoms with Crippen LogP contribution < -0.4 is 35.2 Å². The molecule has 0 saturated carbocycles. The van der Waals surface area contributed by atoms with Gasteiger partial charge in [-0.15, -0.1) is 0 Å². The number of carbonyl (C=O) groups is 1. The molecule has 4 bridgehead atoms. The third-order valence-corrected chi connectivity index (χ3v) is 15.6. The number of ether oxygens (including phenoxy) is 3. The number of likely N-dealkylation sites (N-methyl/N-ethyl adjacent to an activating group) is 2. The fourth-order valence-corrected chi connectivity index (χ4v) is 12.5. The van der Waals surface area contributed by atoms with Gasteiger partial charge in [0.05, 0.1) is 61.8 Å². The van der Waals surface area contributed by atoms with Crippen LogP contribution >= 0.6 is 0 Å². The lowest BCUT2D eigenvalue weighted by atomic mass is 9.76. The molecule has 6 aliphatic heterocycles. The highest BCUT2D eigenvalue weighted by Gasteiger charge is 2.51. The third kappa shape index (κ3) is 10.5. The number of hydrogen-bond donors (Lipinski definition) is 3. The van der Waals surface area contributed by atoms with Crippen molar-refractivity contribution < 1.29 is 27.8 Å². The van der Waals surface area contributed by atoms with E-state index in [0.29, 0.717) is 92.9 Å². The van der Waals surface area contributed by atoms with Gasteiger partial charge in [-0.05, 0) is 136 Å². The first-order valence-electron chi connectivity index (χ1n) is 27.5. The first-order chi connectivity index (χ1) is 38.3. The number of aryl methyl sites for hydroxylation is 1. The molecule has 416 valence electrons. The van der Waals surface area contributed by atoms with Gasteiger partial charge in [-0.25, -0.2) is 33.5 Å². The minimum Gasteiger partial charge on any atom is -0.488 e. The van der Waals surface area contributed by atoms with Crippen molar-refractivity contribution in [1.82, 2.24) is 49.9 Å². The molecule has 4 aromatic heterocycles. The standard InChI is InChI=1S/C60H68F2N14O4/c1-34-17-43-45(64-24-34)13-15-47(55(43)62)70-57-52-48(65-32-68-57)19-38(74-28-40-18-41(29-74)76(40)58(77)80-59(4,5)6)21-50(52)79-36(3)26-73(9)30-60-23-37(71-60)27-75(31-60)39-20-49-53(51(22-39)78-35(2)25-72(7)8)56(67-33-66-49)69-46-14-12-44-42(54(46)61)11-10-16-63-44/h10-17,19-22,24,32-33,35-37,40-41,71H,18,23,25-31H2,1-9H3,(H,65,68,70)(H,66,67,69)/t35-,36-,37?,40?,41?,60?/m1/s1. The number of rotatable bonds is 16. The summed E-state index contributed by atoms with van der Waals surface area (Å²) in [7, 11) is 6.15. The van der Waals surface area contributed by atoms with Gasteiger partial charge in [-0.1, -0.05) is 0 Å². The fourth-order valence-electron chi connectivity index (χ4n) is 12.5. The average Bonchev–Trinajstić information content (AvgIpc) is 3.59. The van der Waals surface area contributed by atoms with Gasteiger partial charge in [0.15, 0.2) is 11.6 Å². The summed E-state index contributed by atoms with van der Waals surface area (Å²) < 4.78 is 51.8. The molecular formula is C60H68F2N14O4. The van der Waals surface area contributed by atoms with Crippen molar-refractivity contribution in [3.05, 3.63) is 109 Å². The zero-order valence-electron chi connectivity index (χ0n) is 46.7. The van der Waals surface area contributed by atoms with E-state index in [4.69, 9.17) is 24.2 Å². The van der Waals surface area contributed by atoms with Crippen LogP contribution in [0.2, 0.25) is 0 Å². The number of pyridine rings is 2. The topological polar surface area (TPSA) is 174 Å². The van der Waals surface area contributed by atoms with E-state index < -0.39 is 17.2 Å². The Bertz CT molecular complexity index is 3680. The number of aromatic nitrogens is 6. The quantitative estimate of drug-likeness (QED) is 0.0834. The van der Waals surface area contributed by atoms with Crippen LogP contribution in [0.15, 0.2) is 91.8 Å². The van der Waals surface area contributed by atoms with Gasteiger partial charge in [0.25, 0.3) is 0 Å². The minimum atomic E-state index is -0.590. The zero-order chi connectivity index (χ0) is 55.8. The maximum Gasteiger partial charge on any atom is 0.410 e. The molecule has 4 aromatic carbocycles. The van der Waals surface area contributed by atoms with Gasteiger partial charge in [-0.2, -0.15) is 0 Å². The lowest BCUT2D eigenvalue weighted by Gasteiger charge is -2.59. The molecule has 8 aromatic rings. The molecule has 80 heavy (non-hydrogen) atoms. The van der Waals surface area contributed by atoms with Gasteiger partial charge in [0, 0.05) is 98.5 Å². The van der Waals surface area contributed by atoms with Crippen LogP contribution in [0.25, 0.3) is 43.6 Å². The van der Waals surface area contributed by atoms with Crippen molar-refractivity contribution in [1.29, 1.82) is 0 Å². The van der Waals surface area contributed by atoms with Crippen LogP contribution in [0.1, 0.15) is 53.0 Å². The number of carbonyl (C=O) groups excluding carboxylic acids is 1. The highest BCUT2D eigenvalue weighted by molar-refractivity contribution is 6.00. The van der Waals surface area contributed by atoms with E-state index in [1.807, 2.05) is 65.7 Å². The molecule has 6 saturated heterocycles. The Labute approximate surface area is 463 Å². The Morgan fingerprint density at radius 3 is 1.95 bits per heavy atom. The number of piperazine rings is 2. The predicted molar refractivity (Wildman–Crippen MR) is 309 cm³/mol. The summed E-state index contributed by atoms with van der Waals surface area (Å²) >= 11 is 0. The summed E-state index contributed by atoms with van der Waals surface area (Å²) in [6.45, 7) is 16.4. The smallest absolute Gasteiger partial charge is 0.410 e. The number of hydrogen-bond acceptors (Lipinski definition) is 17. The van der Waals surface area contributed by atoms with Gasteiger partial charge < -0.3 is 49.8 Å². The van der Waals surface area contributed by atoms with Gasteiger partial charge in [0.2, 0.25) is 0 Å². The average molecular weight is 1090 g/mol. The van der Waals surface area contributed by atoms with E-state index in [-0.39, 0.29) is 53.3 Å². The highest BCUT2D eigenvalue weighted by atomic mass is 19.1. The van der Waals surface area contributed by atoms with Crippen molar-refractivity contribution in [2.45, 2.75) is 95.9 Å². The summed E-state index contributed by atoms with van der Waals surface area (Å²) in [5.41, 5.74) is 4.89. The molecule has 0 aliphatic carbocycles. The molecule has 14 rings (SSSR count). The number of halogens is 2. The van der Waals surface area contributed by atoms with Gasteiger partial charge >= 0.3 is 6.09 Å². The SMILES string of the molecule is Cc1cnc2ccc(Nc3ncnc4cc(N5CC6CC(C5)N6C(=O)OC(C)(C)C)cc(O[C@H](C)CN(C)CC56CC(CN(c7cc(O[C@H](C)CN(C)C)c8c(Nc9ccc%10ncccc%10c9F)ncnc8c7)C5)N6)c34)c(F)c2c1. The van der Waals surface area contributed by atoms with Crippen molar-refractivity contribution >= 4 is 84.1 Å². The number of amides is 1. The van der Waals surface area contributed by atoms with Crippen LogP contribution in [0.4, 0.5) is 48.0 Å². The first-order valence-corrected chi connectivity index (χ1v) is 27.5. The molecule has 0 spiro atoms. The van der Waals surface area contributed by atoms with Crippen LogP contribution in [-0.2, 0) is 4.74 Å². The van der Waals surface area contributed by atoms with Crippen LogP contribution in [-0.4, -0.2) is 159 Å². The van der Waals surface area contributed by atoms with Crippen molar-refractivity contribution in [3.8, 4) is 11.5 Å². The van der Waals surface area contributed by atoms with Crippen LogP contribution in [0.3, 0.4) is 0 Å². The molecular weight excluding hydrogens is 1020 g/mol. The molecule has 4 unspecified atom stereocenters. The highest BCUT2D eigenvalue weighted by Crippen LogP contribution is 2.44. The van der Waals surface area contributed by atoms with Gasteiger partial charge in [0.1, 0.15) is 53.6 Å². The van der Waals surface area contributed by atoms with E-state index in [1.165, 1.54) is 12.7 Å². The Balaban J connectivity index is 0.796. The first kappa shape index (κ1) is 52.9. The van der Waals surface area contributed by atoms with E-state index in [2.05, 4.69) is 81.6 Å². The maximum atomic E-state index is 16.3. The van der Waals surface area contributed by atoms with Crippen molar-refractivity contribution in [2.24, 2.45) is 0 Å². The number of anilines is 6. The maximum absolute atomic E-state index is 16.3. The minimum absolute atomic E-state index is 0.00668. The number of benzene rings is 4. The number of nitrogens with zero attached hydrogens (tertiary/aromatic N) is 11. The van der Waals surface area contributed by atoms with E-state index in [0.717, 1.165) is 49.4 Å². The lowest BCUT2D eigenvalue weighted by Crippen LogP contribution is -2.78. The summed E-state index contributed by atoms with van der Waals surface area (Å²) in [4.78, 5) is 51.8.